The molecule has 2 N–H and O–H groups in total. The van der Waals surface area contributed by atoms with Crippen molar-refractivity contribution in [3.05, 3.63) is 66.2 Å². The number of primary amides is 1. The first kappa shape index (κ1) is 13.4. The quantitative estimate of drug-likeness (QED) is 0.853. The van der Waals surface area contributed by atoms with E-state index in [4.69, 9.17) is 22.1 Å². The smallest absolute Gasteiger partial charge is 0.278 e. The highest BCUT2D eigenvalue weighted by Gasteiger charge is 2.37. The number of carbonyl (C=O) groups is 1. The van der Waals surface area contributed by atoms with E-state index in [0.29, 0.717) is 5.75 Å². The number of hydrogen-bond acceptors (Lipinski definition) is 2. The third-order valence-corrected chi connectivity index (χ3v) is 3.06. The average Bonchev–Trinajstić information content (AvgIpc) is 2.40. The molecule has 0 spiro atoms. The molecule has 1 unspecified atom stereocenters. The van der Waals surface area contributed by atoms with E-state index >= 15 is 0 Å². The number of amides is 1. The zero-order valence-electron chi connectivity index (χ0n) is 10.3. The van der Waals surface area contributed by atoms with Crippen LogP contribution in [0.5, 0.6) is 5.75 Å². The van der Waals surface area contributed by atoms with Crippen molar-refractivity contribution in [1.82, 2.24) is 0 Å². The van der Waals surface area contributed by atoms with Crippen molar-refractivity contribution in [2.24, 2.45) is 5.73 Å². The van der Waals surface area contributed by atoms with E-state index in [0.717, 1.165) is 5.56 Å². The van der Waals surface area contributed by atoms with Crippen LogP contribution in [-0.4, -0.2) is 11.0 Å². The van der Waals surface area contributed by atoms with Gasteiger partial charge in [-0.3, -0.25) is 4.79 Å². The normalized spacial score (nSPS) is 13.5. The Morgan fingerprint density at radius 2 is 1.58 bits per heavy atom. The molecule has 0 aromatic heterocycles. The molecule has 0 bridgehead atoms. The van der Waals surface area contributed by atoms with Crippen LogP contribution in [0.25, 0.3) is 0 Å². The van der Waals surface area contributed by atoms with Gasteiger partial charge in [0.1, 0.15) is 5.75 Å². The summed E-state index contributed by atoms with van der Waals surface area (Å²) >= 11 is 6.25. The van der Waals surface area contributed by atoms with Crippen molar-refractivity contribution in [2.75, 3.05) is 0 Å². The third kappa shape index (κ3) is 3.48. The Labute approximate surface area is 117 Å². The van der Waals surface area contributed by atoms with Crippen LogP contribution in [0.15, 0.2) is 60.7 Å². The lowest BCUT2D eigenvalue weighted by atomic mass is 10.1. The summed E-state index contributed by atoms with van der Waals surface area (Å²) in [6.45, 7) is 0. The summed E-state index contributed by atoms with van der Waals surface area (Å²) in [6, 6.07) is 18.3. The number of alkyl halides is 1. The second kappa shape index (κ2) is 5.76. The average molecular weight is 276 g/mol. The van der Waals surface area contributed by atoms with Crippen molar-refractivity contribution in [2.45, 2.75) is 11.5 Å². The standard InChI is InChI=1S/C15H14ClNO2/c16-15(14(17)18,11-12-7-3-1-4-8-12)19-13-9-5-2-6-10-13/h1-10H,11H2,(H2,17,18). The largest absolute Gasteiger partial charge is 0.462 e. The summed E-state index contributed by atoms with van der Waals surface area (Å²) in [5.41, 5.74) is 6.25. The Kier molecular flexibility index (Phi) is 4.07. The number of nitrogens with two attached hydrogens (primary N) is 1. The van der Waals surface area contributed by atoms with Gasteiger partial charge in [-0.05, 0) is 17.7 Å². The van der Waals surface area contributed by atoms with Gasteiger partial charge < -0.3 is 10.5 Å². The van der Waals surface area contributed by atoms with E-state index in [1.54, 1.807) is 24.3 Å². The van der Waals surface area contributed by atoms with Gasteiger partial charge in [0.15, 0.2) is 0 Å². The molecular weight excluding hydrogens is 262 g/mol. The molecule has 1 atom stereocenters. The Balaban J connectivity index is 2.21. The highest BCUT2D eigenvalue weighted by atomic mass is 35.5. The van der Waals surface area contributed by atoms with E-state index in [-0.39, 0.29) is 6.42 Å². The Bertz CT molecular complexity index is 501. The summed E-state index contributed by atoms with van der Waals surface area (Å²) in [6.07, 6.45) is 0.208. The molecule has 0 saturated carbocycles. The maximum absolute atomic E-state index is 11.6. The van der Waals surface area contributed by atoms with Gasteiger partial charge in [0.25, 0.3) is 11.0 Å². The Hall–Kier alpha value is -2.00. The lowest BCUT2D eigenvalue weighted by Crippen LogP contribution is -2.45. The highest BCUT2D eigenvalue weighted by Crippen LogP contribution is 2.26. The van der Waals surface area contributed by atoms with Gasteiger partial charge >= 0.3 is 0 Å². The van der Waals surface area contributed by atoms with E-state index < -0.39 is 11.0 Å². The monoisotopic (exact) mass is 275 g/mol. The molecule has 2 aromatic carbocycles. The number of ether oxygens (including phenoxy) is 1. The number of hydrogen-bond donors (Lipinski definition) is 1. The molecule has 2 aromatic rings. The molecular formula is C15H14ClNO2. The van der Waals surface area contributed by atoms with Gasteiger partial charge in [-0.1, -0.05) is 60.1 Å². The van der Waals surface area contributed by atoms with E-state index in [1.807, 2.05) is 36.4 Å². The fourth-order valence-corrected chi connectivity index (χ4v) is 1.95. The molecule has 0 aliphatic rings. The lowest BCUT2D eigenvalue weighted by molar-refractivity contribution is -0.127. The van der Waals surface area contributed by atoms with Crippen molar-refractivity contribution >= 4 is 17.5 Å². The van der Waals surface area contributed by atoms with Crippen LogP contribution in [0.3, 0.4) is 0 Å². The first-order chi connectivity index (χ1) is 9.10. The molecule has 0 radical (unpaired) electrons. The zero-order valence-corrected chi connectivity index (χ0v) is 11.0. The maximum atomic E-state index is 11.6. The Morgan fingerprint density at radius 3 is 2.11 bits per heavy atom. The van der Waals surface area contributed by atoms with Crippen LogP contribution in [0, 0.1) is 0 Å². The molecule has 19 heavy (non-hydrogen) atoms. The second-order valence-corrected chi connectivity index (χ2v) is 4.78. The van der Waals surface area contributed by atoms with E-state index in [1.165, 1.54) is 0 Å². The van der Waals surface area contributed by atoms with Gasteiger partial charge in [-0.25, -0.2) is 0 Å². The number of para-hydroxylation sites is 1. The first-order valence-corrected chi connectivity index (χ1v) is 6.25. The van der Waals surface area contributed by atoms with Crippen molar-refractivity contribution in [3.8, 4) is 5.75 Å². The van der Waals surface area contributed by atoms with Crippen molar-refractivity contribution < 1.29 is 9.53 Å². The predicted molar refractivity (Wildman–Crippen MR) is 75.0 cm³/mol. The number of halogens is 1. The topological polar surface area (TPSA) is 52.3 Å². The fraction of sp³-hybridized carbons (Fsp3) is 0.133. The molecule has 0 saturated heterocycles. The maximum Gasteiger partial charge on any atom is 0.278 e. The Morgan fingerprint density at radius 1 is 1.05 bits per heavy atom. The van der Waals surface area contributed by atoms with Crippen molar-refractivity contribution in [3.63, 3.8) is 0 Å². The summed E-state index contributed by atoms with van der Waals surface area (Å²) in [7, 11) is 0. The van der Waals surface area contributed by atoms with E-state index in [2.05, 4.69) is 0 Å². The molecule has 98 valence electrons. The summed E-state index contributed by atoms with van der Waals surface area (Å²) in [5.74, 6) is -0.200. The fourth-order valence-electron chi connectivity index (χ4n) is 1.71. The number of benzene rings is 2. The molecule has 0 heterocycles. The zero-order chi connectivity index (χ0) is 13.7. The van der Waals surface area contributed by atoms with Gasteiger partial charge in [-0.15, -0.1) is 0 Å². The highest BCUT2D eigenvalue weighted by molar-refractivity contribution is 6.33. The number of carbonyl (C=O) groups excluding carboxylic acids is 1. The van der Waals surface area contributed by atoms with E-state index in [9.17, 15) is 4.79 Å². The molecule has 0 fully saturated rings. The van der Waals surface area contributed by atoms with Crippen LogP contribution >= 0.6 is 11.6 Å². The SMILES string of the molecule is NC(=O)C(Cl)(Cc1ccccc1)Oc1ccccc1. The molecule has 2 rings (SSSR count). The lowest BCUT2D eigenvalue weighted by Gasteiger charge is -2.25. The van der Waals surface area contributed by atoms with Crippen LogP contribution in [0.4, 0.5) is 0 Å². The minimum atomic E-state index is -1.58. The molecule has 0 aliphatic carbocycles. The first-order valence-electron chi connectivity index (χ1n) is 5.87. The van der Waals surface area contributed by atoms with Gasteiger partial charge in [-0.2, -0.15) is 0 Å². The van der Waals surface area contributed by atoms with Crippen LogP contribution in [0.2, 0.25) is 0 Å². The molecule has 1 amide bonds. The van der Waals surface area contributed by atoms with Crippen LogP contribution in [-0.2, 0) is 11.2 Å². The number of rotatable bonds is 5. The van der Waals surface area contributed by atoms with Gasteiger partial charge in [0.2, 0.25) is 0 Å². The van der Waals surface area contributed by atoms with Crippen LogP contribution in [0.1, 0.15) is 5.56 Å². The van der Waals surface area contributed by atoms with Gasteiger partial charge in [0, 0.05) is 6.42 Å². The molecule has 3 nitrogen and oxygen atoms in total. The minimum Gasteiger partial charge on any atom is -0.462 e. The summed E-state index contributed by atoms with van der Waals surface area (Å²) < 4.78 is 5.56. The third-order valence-electron chi connectivity index (χ3n) is 2.67. The van der Waals surface area contributed by atoms with Crippen LogP contribution < -0.4 is 10.5 Å². The second-order valence-electron chi connectivity index (χ2n) is 4.17. The molecule has 0 aliphatic heterocycles. The minimum absolute atomic E-state index is 0.208. The predicted octanol–water partition coefficient (Wildman–Crippen LogP) is 2.73. The molecule has 4 heteroatoms. The van der Waals surface area contributed by atoms with Crippen molar-refractivity contribution in [1.29, 1.82) is 0 Å². The van der Waals surface area contributed by atoms with Gasteiger partial charge in [0.05, 0.1) is 0 Å². The summed E-state index contributed by atoms with van der Waals surface area (Å²) in [5, 5.41) is -1.58. The summed E-state index contributed by atoms with van der Waals surface area (Å²) in [4.78, 5) is 11.6.